The Balaban J connectivity index is 1.71. The quantitative estimate of drug-likeness (QED) is 0.723. The second-order valence-electron chi connectivity index (χ2n) is 6.48. The van der Waals surface area contributed by atoms with Gasteiger partial charge in [0.2, 0.25) is 0 Å². The molecule has 0 aliphatic carbocycles. The first-order valence-corrected chi connectivity index (χ1v) is 9.40. The van der Waals surface area contributed by atoms with Crippen LogP contribution in [0.2, 0.25) is 5.02 Å². The van der Waals surface area contributed by atoms with Gasteiger partial charge >= 0.3 is 0 Å². The van der Waals surface area contributed by atoms with E-state index >= 15 is 0 Å². The van der Waals surface area contributed by atoms with Gasteiger partial charge in [-0.1, -0.05) is 54.1 Å². The molecule has 1 aliphatic heterocycles. The molecule has 0 saturated carbocycles. The fraction of sp³-hybridized carbons (Fsp3) is 0.238. The fourth-order valence-electron chi connectivity index (χ4n) is 3.30. The van der Waals surface area contributed by atoms with Gasteiger partial charge < -0.3 is 10.1 Å². The van der Waals surface area contributed by atoms with Gasteiger partial charge in [0.1, 0.15) is 0 Å². The first-order chi connectivity index (χ1) is 13.2. The molecule has 1 atom stereocenters. The van der Waals surface area contributed by atoms with Crippen LogP contribution in [0.4, 0.5) is 0 Å². The molecule has 1 N–H and O–H groups in total. The Kier molecular flexibility index (Phi) is 5.23. The van der Waals surface area contributed by atoms with Gasteiger partial charge in [-0.3, -0.25) is 4.79 Å². The molecule has 0 bridgehead atoms. The number of carbonyl (C=O) groups excluding carboxylic acids is 1. The molecule has 1 aliphatic rings. The zero-order chi connectivity index (χ0) is 18.6. The van der Waals surface area contributed by atoms with Crippen LogP contribution in [0.3, 0.4) is 0 Å². The van der Waals surface area contributed by atoms with Crippen LogP contribution in [0.5, 0.6) is 0 Å². The molecule has 3 aromatic rings. The first kappa shape index (κ1) is 17.8. The molecule has 0 spiro atoms. The maximum absolute atomic E-state index is 12.9. The number of hydrogen-bond acceptors (Lipinski definition) is 3. The number of aromatic nitrogens is 2. The van der Waals surface area contributed by atoms with Crippen molar-refractivity contribution >= 4 is 17.5 Å². The van der Waals surface area contributed by atoms with E-state index in [1.54, 1.807) is 10.9 Å². The van der Waals surface area contributed by atoms with E-state index in [2.05, 4.69) is 10.4 Å². The molecule has 2 heterocycles. The van der Waals surface area contributed by atoms with Crippen LogP contribution in [0.15, 0.2) is 60.8 Å². The van der Waals surface area contributed by atoms with Crippen molar-refractivity contribution in [2.24, 2.45) is 0 Å². The van der Waals surface area contributed by atoms with E-state index in [4.69, 9.17) is 16.3 Å². The Bertz CT molecular complexity index is 934. The highest BCUT2D eigenvalue weighted by Gasteiger charge is 2.22. The molecule has 27 heavy (non-hydrogen) atoms. The molecule has 2 aromatic carbocycles. The normalized spacial score (nSPS) is 16.4. The second-order valence-corrected chi connectivity index (χ2v) is 6.89. The summed E-state index contributed by atoms with van der Waals surface area (Å²) in [4.78, 5) is 12.9. The summed E-state index contributed by atoms with van der Waals surface area (Å²) in [6, 6.07) is 17.2. The molecule has 1 fully saturated rings. The van der Waals surface area contributed by atoms with Gasteiger partial charge in [-0.2, -0.15) is 5.10 Å². The molecule has 1 amide bonds. The monoisotopic (exact) mass is 381 g/mol. The van der Waals surface area contributed by atoms with Crippen molar-refractivity contribution in [2.75, 3.05) is 13.2 Å². The Hall–Kier alpha value is -2.63. The minimum absolute atomic E-state index is 0.0905. The maximum Gasteiger partial charge on any atom is 0.255 e. The van der Waals surface area contributed by atoms with E-state index in [1.807, 2.05) is 54.6 Å². The Labute approximate surface area is 162 Å². The summed E-state index contributed by atoms with van der Waals surface area (Å²) in [7, 11) is 0. The number of amides is 1. The number of benzene rings is 2. The summed E-state index contributed by atoms with van der Waals surface area (Å²) >= 11 is 6.38. The third-order valence-corrected chi connectivity index (χ3v) is 4.98. The number of halogens is 1. The van der Waals surface area contributed by atoms with Gasteiger partial charge in [-0.15, -0.1) is 0 Å². The average molecular weight is 382 g/mol. The van der Waals surface area contributed by atoms with Crippen LogP contribution in [-0.4, -0.2) is 34.9 Å². The molecule has 6 heteroatoms. The van der Waals surface area contributed by atoms with Crippen LogP contribution in [0.1, 0.15) is 23.2 Å². The third-order valence-electron chi connectivity index (χ3n) is 4.66. The van der Waals surface area contributed by atoms with Crippen LogP contribution < -0.4 is 5.32 Å². The number of nitrogens with one attached hydrogen (secondary N) is 1. The lowest BCUT2D eigenvalue weighted by Crippen LogP contribution is -2.31. The minimum atomic E-state index is -0.164. The Morgan fingerprint density at radius 3 is 2.70 bits per heavy atom. The van der Waals surface area contributed by atoms with Crippen molar-refractivity contribution < 1.29 is 9.53 Å². The standard InChI is InChI=1S/C21H20ClN3O2/c22-18-10-4-5-11-19(18)25-20(15-7-2-1-3-8-15)17(14-24-25)21(26)23-13-16-9-6-12-27-16/h1-5,7-8,10-11,14,16H,6,9,12-13H2,(H,23,26). The smallest absolute Gasteiger partial charge is 0.255 e. The zero-order valence-corrected chi connectivity index (χ0v) is 15.5. The maximum atomic E-state index is 12.9. The highest BCUT2D eigenvalue weighted by atomic mass is 35.5. The lowest BCUT2D eigenvalue weighted by Gasteiger charge is -2.13. The summed E-state index contributed by atoms with van der Waals surface area (Å²) in [6.45, 7) is 1.27. The number of hydrogen-bond donors (Lipinski definition) is 1. The predicted octanol–water partition coefficient (Wildman–Crippen LogP) is 4.10. The lowest BCUT2D eigenvalue weighted by molar-refractivity contribution is 0.0858. The average Bonchev–Trinajstić information content (AvgIpc) is 3.37. The number of carbonyl (C=O) groups is 1. The molecule has 5 nitrogen and oxygen atoms in total. The van der Waals surface area contributed by atoms with Crippen molar-refractivity contribution in [3.63, 3.8) is 0 Å². The molecule has 1 saturated heterocycles. The molecule has 138 valence electrons. The first-order valence-electron chi connectivity index (χ1n) is 9.02. The molecular formula is C21H20ClN3O2. The Morgan fingerprint density at radius 2 is 1.96 bits per heavy atom. The molecular weight excluding hydrogens is 362 g/mol. The van der Waals surface area contributed by atoms with Crippen LogP contribution in [-0.2, 0) is 4.74 Å². The second kappa shape index (κ2) is 7.94. The summed E-state index contributed by atoms with van der Waals surface area (Å²) in [6.07, 6.45) is 3.70. The van der Waals surface area contributed by atoms with E-state index < -0.39 is 0 Å². The fourth-order valence-corrected chi connectivity index (χ4v) is 3.52. The van der Waals surface area contributed by atoms with E-state index in [-0.39, 0.29) is 12.0 Å². The predicted molar refractivity (Wildman–Crippen MR) is 105 cm³/mol. The minimum Gasteiger partial charge on any atom is -0.376 e. The van der Waals surface area contributed by atoms with E-state index in [0.29, 0.717) is 22.8 Å². The molecule has 1 aromatic heterocycles. The number of rotatable bonds is 5. The molecule has 1 unspecified atom stereocenters. The van der Waals surface area contributed by atoms with Crippen molar-refractivity contribution in [3.8, 4) is 16.9 Å². The van der Waals surface area contributed by atoms with Crippen molar-refractivity contribution in [1.82, 2.24) is 15.1 Å². The topological polar surface area (TPSA) is 56.1 Å². The van der Waals surface area contributed by atoms with Gasteiger partial charge in [0.15, 0.2) is 0 Å². The Morgan fingerprint density at radius 1 is 1.19 bits per heavy atom. The van der Waals surface area contributed by atoms with E-state index in [9.17, 15) is 4.79 Å². The summed E-state index contributed by atoms with van der Waals surface area (Å²) < 4.78 is 7.31. The van der Waals surface area contributed by atoms with Crippen molar-refractivity contribution in [1.29, 1.82) is 0 Å². The van der Waals surface area contributed by atoms with E-state index in [0.717, 1.165) is 30.7 Å². The number of para-hydroxylation sites is 1. The van der Waals surface area contributed by atoms with Gasteiger partial charge in [0.05, 0.1) is 34.3 Å². The van der Waals surface area contributed by atoms with Crippen LogP contribution in [0.25, 0.3) is 16.9 Å². The summed E-state index contributed by atoms with van der Waals surface area (Å²) in [5, 5.41) is 8.02. The summed E-state index contributed by atoms with van der Waals surface area (Å²) in [5.41, 5.74) is 2.86. The largest absolute Gasteiger partial charge is 0.376 e. The molecule has 4 rings (SSSR count). The molecule has 0 radical (unpaired) electrons. The highest BCUT2D eigenvalue weighted by Crippen LogP contribution is 2.29. The van der Waals surface area contributed by atoms with Crippen molar-refractivity contribution in [2.45, 2.75) is 18.9 Å². The zero-order valence-electron chi connectivity index (χ0n) is 14.8. The van der Waals surface area contributed by atoms with Crippen molar-refractivity contribution in [3.05, 3.63) is 71.4 Å². The van der Waals surface area contributed by atoms with Crippen LogP contribution >= 0.6 is 11.6 Å². The number of nitrogens with zero attached hydrogens (tertiary/aromatic N) is 2. The number of ether oxygens (including phenoxy) is 1. The van der Waals surface area contributed by atoms with Gasteiger partial charge in [0.25, 0.3) is 5.91 Å². The van der Waals surface area contributed by atoms with Crippen LogP contribution in [0, 0.1) is 0 Å². The third kappa shape index (κ3) is 3.75. The lowest BCUT2D eigenvalue weighted by atomic mass is 10.1. The SMILES string of the molecule is O=C(NCC1CCCO1)c1cnn(-c2ccccc2Cl)c1-c1ccccc1. The van der Waals surface area contributed by atoms with Gasteiger partial charge in [0, 0.05) is 18.7 Å². The van der Waals surface area contributed by atoms with Gasteiger partial charge in [-0.05, 0) is 25.0 Å². The highest BCUT2D eigenvalue weighted by molar-refractivity contribution is 6.32. The van der Waals surface area contributed by atoms with Gasteiger partial charge in [-0.25, -0.2) is 4.68 Å². The summed E-state index contributed by atoms with van der Waals surface area (Å²) in [5.74, 6) is -0.164. The van der Waals surface area contributed by atoms with E-state index in [1.165, 1.54) is 0 Å².